The lowest BCUT2D eigenvalue weighted by molar-refractivity contribution is 0.0849. The van der Waals surface area contributed by atoms with E-state index in [1.807, 2.05) is 0 Å². The number of benzene rings is 1. The lowest BCUT2D eigenvalue weighted by atomic mass is 10.3. The number of hydrogen-bond donors (Lipinski definition) is 1. The molecule has 2 aromatic heterocycles. The lowest BCUT2D eigenvalue weighted by Gasteiger charge is -2.11. The summed E-state index contributed by atoms with van der Waals surface area (Å²) in [6.45, 7) is 0.151. The summed E-state index contributed by atoms with van der Waals surface area (Å²) in [5.41, 5.74) is 0. The highest BCUT2D eigenvalue weighted by Gasteiger charge is 2.12. The molecule has 1 aromatic carbocycles. The van der Waals surface area contributed by atoms with E-state index in [0.29, 0.717) is 17.3 Å². The maximum atomic E-state index is 12.8. The highest BCUT2D eigenvalue weighted by molar-refractivity contribution is 5.43. The molecule has 0 radical (unpaired) electrons. The predicted molar refractivity (Wildman–Crippen MR) is 73.4 cm³/mol. The van der Waals surface area contributed by atoms with Gasteiger partial charge in [-0.1, -0.05) is 0 Å². The van der Waals surface area contributed by atoms with E-state index < -0.39 is 6.10 Å². The van der Waals surface area contributed by atoms with Gasteiger partial charge >= 0.3 is 0 Å². The molecule has 0 aliphatic rings. The summed E-state index contributed by atoms with van der Waals surface area (Å²) in [5, 5.41) is 21.7. The first-order valence-corrected chi connectivity index (χ1v) is 6.59. The molecule has 0 aliphatic carbocycles. The number of hydrogen-bond acceptors (Lipinski definition) is 6. The van der Waals surface area contributed by atoms with Crippen LogP contribution in [0.25, 0.3) is 11.6 Å². The van der Waals surface area contributed by atoms with Crippen molar-refractivity contribution in [2.45, 2.75) is 12.6 Å². The molecular weight excluding hydrogens is 291 g/mol. The Balaban J connectivity index is 1.53. The van der Waals surface area contributed by atoms with Gasteiger partial charge in [0.2, 0.25) is 5.82 Å². The normalized spacial score (nSPS) is 12.3. The highest BCUT2D eigenvalue weighted by Crippen LogP contribution is 2.13. The quantitative estimate of drug-likeness (QED) is 0.743. The van der Waals surface area contributed by atoms with E-state index in [1.165, 1.54) is 35.3 Å². The first-order valence-electron chi connectivity index (χ1n) is 6.59. The van der Waals surface area contributed by atoms with Crippen molar-refractivity contribution in [2.24, 2.45) is 0 Å². The maximum Gasteiger partial charge on any atom is 0.240 e. The number of furan rings is 1. The third-order valence-electron chi connectivity index (χ3n) is 2.82. The van der Waals surface area contributed by atoms with Gasteiger partial charge in [0.1, 0.15) is 24.3 Å². The first-order chi connectivity index (χ1) is 10.7. The molecule has 7 nitrogen and oxygen atoms in total. The smallest absolute Gasteiger partial charge is 0.240 e. The van der Waals surface area contributed by atoms with E-state index in [4.69, 9.17) is 9.15 Å². The van der Waals surface area contributed by atoms with Crippen LogP contribution in [0.5, 0.6) is 5.75 Å². The van der Waals surface area contributed by atoms with Crippen molar-refractivity contribution in [3.8, 4) is 17.3 Å². The average Bonchev–Trinajstić information content (AvgIpc) is 3.17. The molecule has 0 unspecified atom stereocenters. The van der Waals surface area contributed by atoms with Crippen LogP contribution in [0.1, 0.15) is 0 Å². The molecule has 0 saturated carbocycles. The van der Waals surface area contributed by atoms with Gasteiger partial charge in [0.15, 0.2) is 5.76 Å². The molecule has 2 heterocycles. The highest BCUT2D eigenvalue weighted by atomic mass is 19.1. The van der Waals surface area contributed by atoms with Gasteiger partial charge in [-0.25, -0.2) is 4.39 Å². The summed E-state index contributed by atoms with van der Waals surface area (Å²) in [6, 6.07) is 9.00. The van der Waals surface area contributed by atoms with Gasteiger partial charge < -0.3 is 14.3 Å². The van der Waals surface area contributed by atoms with Crippen LogP contribution in [0.4, 0.5) is 4.39 Å². The van der Waals surface area contributed by atoms with Gasteiger partial charge in [-0.3, -0.25) is 0 Å². The molecule has 0 aliphatic heterocycles. The molecule has 0 amide bonds. The minimum absolute atomic E-state index is 0.0310. The Morgan fingerprint density at radius 3 is 2.82 bits per heavy atom. The summed E-state index contributed by atoms with van der Waals surface area (Å²) >= 11 is 0. The standard InChI is InChI=1S/C14H13FN4O3/c15-10-3-5-12(6-4-10)22-9-11(20)8-19-17-14(16-18-19)13-2-1-7-21-13/h1-7,11,20H,8-9H2/t11-/m0/s1. The predicted octanol–water partition coefficient (Wildman–Crippen LogP) is 1.51. The van der Waals surface area contributed by atoms with Crippen LogP contribution in [0.15, 0.2) is 47.1 Å². The van der Waals surface area contributed by atoms with E-state index in [9.17, 15) is 9.50 Å². The summed E-state index contributed by atoms with van der Waals surface area (Å²) in [6.07, 6.45) is 0.685. The zero-order chi connectivity index (χ0) is 15.4. The number of rotatable bonds is 6. The maximum absolute atomic E-state index is 12.8. The number of aliphatic hydroxyl groups is 1. The van der Waals surface area contributed by atoms with Gasteiger partial charge in [0.25, 0.3) is 0 Å². The van der Waals surface area contributed by atoms with Gasteiger partial charge in [-0.2, -0.15) is 4.80 Å². The molecule has 114 valence electrons. The third kappa shape index (κ3) is 3.47. The monoisotopic (exact) mass is 304 g/mol. The molecule has 3 rings (SSSR count). The minimum Gasteiger partial charge on any atom is -0.491 e. The largest absolute Gasteiger partial charge is 0.491 e. The molecular formula is C14H13FN4O3. The van der Waals surface area contributed by atoms with E-state index in [1.54, 1.807) is 12.1 Å². The Morgan fingerprint density at radius 1 is 1.27 bits per heavy atom. The van der Waals surface area contributed by atoms with Crippen molar-refractivity contribution < 1.29 is 18.7 Å². The molecule has 3 aromatic rings. The summed E-state index contributed by atoms with van der Waals surface area (Å²) < 4.78 is 23.3. The second kappa shape index (κ2) is 6.35. The Labute approximate surface area is 124 Å². The van der Waals surface area contributed by atoms with Crippen molar-refractivity contribution in [2.75, 3.05) is 6.61 Å². The van der Waals surface area contributed by atoms with Crippen molar-refractivity contribution in [3.63, 3.8) is 0 Å². The third-order valence-corrected chi connectivity index (χ3v) is 2.82. The molecule has 8 heteroatoms. The summed E-state index contributed by atoms with van der Waals surface area (Å²) in [5.74, 6) is 0.980. The molecule has 0 bridgehead atoms. The Bertz CT molecular complexity index is 712. The topological polar surface area (TPSA) is 86.2 Å². The lowest BCUT2D eigenvalue weighted by Crippen LogP contribution is -2.24. The Hall–Kier alpha value is -2.74. The number of ether oxygens (including phenoxy) is 1. The van der Waals surface area contributed by atoms with Gasteiger partial charge in [0.05, 0.1) is 12.8 Å². The second-order valence-electron chi connectivity index (χ2n) is 4.56. The summed E-state index contributed by atoms with van der Waals surface area (Å²) in [7, 11) is 0. The zero-order valence-electron chi connectivity index (χ0n) is 11.5. The molecule has 1 atom stereocenters. The number of aliphatic hydroxyl groups excluding tert-OH is 1. The number of nitrogens with zero attached hydrogens (tertiary/aromatic N) is 4. The zero-order valence-corrected chi connectivity index (χ0v) is 11.5. The van der Waals surface area contributed by atoms with Crippen LogP contribution >= 0.6 is 0 Å². The molecule has 0 spiro atoms. The van der Waals surface area contributed by atoms with Crippen LogP contribution in [-0.2, 0) is 6.54 Å². The fourth-order valence-corrected chi connectivity index (χ4v) is 1.79. The fourth-order valence-electron chi connectivity index (χ4n) is 1.79. The number of halogens is 1. The van der Waals surface area contributed by atoms with Crippen molar-refractivity contribution in [1.82, 2.24) is 20.2 Å². The Kier molecular flexibility index (Phi) is 4.10. The van der Waals surface area contributed by atoms with Gasteiger partial charge in [-0.15, -0.1) is 10.2 Å². The fraction of sp³-hybridized carbons (Fsp3) is 0.214. The average molecular weight is 304 g/mol. The van der Waals surface area contributed by atoms with Crippen LogP contribution in [0.2, 0.25) is 0 Å². The van der Waals surface area contributed by atoms with Crippen molar-refractivity contribution in [1.29, 1.82) is 0 Å². The Morgan fingerprint density at radius 2 is 2.09 bits per heavy atom. The SMILES string of the molecule is O[C@H](COc1ccc(F)cc1)Cn1nnc(-c2ccco2)n1. The molecule has 1 N–H and O–H groups in total. The number of aromatic nitrogens is 4. The van der Waals surface area contributed by atoms with Crippen molar-refractivity contribution >= 4 is 0 Å². The van der Waals surface area contributed by atoms with E-state index >= 15 is 0 Å². The first kappa shape index (κ1) is 14.2. The van der Waals surface area contributed by atoms with Gasteiger partial charge in [-0.05, 0) is 41.6 Å². The molecule has 0 saturated heterocycles. The van der Waals surface area contributed by atoms with Crippen LogP contribution in [0, 0.1) is 5.82 Å². The van der Waals surface area contributed by atoms with E-state index in [-0.39, 0.29) is 19.0 Å². The second-order valence-corrected chi connectivity index (χ2v) is 4.56. The van der Waals surface area contributed by atoms with E-state index in [0.717, 1.165) is 0 Å². The van der Waals surface area contributed by atoms with Crippen molar-refractivity contribution in [3.05, 3.63) is 48.5 Å². The number of tetrazole rings is 1. The minimum atomic E-state index is -0.830. The molecule has 22 heavy (non-hydrogen) atoms. The molecule has 0 fully saturated rings. The van der Waals surface area contributed by atoms with Crippen LogP contribution in [0.3, 0.4) is 0 Å². The van der Waals surface area contributed by atoms with E-state index in [2.05, 4.69) is 15.4 Å². The van der Waals surface area contributed by atoms with Crippen LogP contribution < -0.4 is 4.74 Å². The van der Waals surface area contributed by atoms with Crippen LogP contribution in [-0.4, -0.2) is 38.0 Å². The van der Waals surface area contributed by atoms with Gasteiger partial charge in [0, 0.05) is 0 Å². The summed E-state index contributed by atoms with van der Waals surface area (Å²) in [4.78, 5) is 1.26.